The first-order valence-corrected chi connectivity index (χ1v) is 10.2. The van der Waals surface area contributed by atoms with Gasteiger partial charge in [-0.3, -0.25) is 0 Å². The second kappa shape index (κ2) is 9.38. The summed E-state index contributed by atoms with van der Waals surface area (Å²) in [5, 5.41) is 7.02. The Balaban J connectivity index is 1.42. The van der Waals surface area contributed by atoms with Gasteiger partial charge in [0.2, 0.25) is 0 Å². The molecular formula is C24H34N2O. The smallest absolute Gasteiger partial charge is 0.119 e. The van der Waals surface area contributed by atoms with Gasteiger partial charge in [-0.2, -0.15) is 0 Å². The monoisotopic (exact) mass is 366 g/mol. The molecule has 1 saturated heterocycles. The van der Waals surface area contributed by atoms with Crippen molar-refractivity contribution in [2.75, 3.05) is 19.6 Å². The van der Waals surface area contributed by atoms with Crippen LogP contribution in [0.4, 0.5) is 0 Å². The molecule has 0 bridgehead atoms. The number of benzene rings is 2. The maximum absolute atomic E-state index is 5.94. The van der Waals surface area contributed by atoms with Crippen molar-refractivity contribution in [3.8, 4) is 5.75 Å². The molecule has 1 fully saturated rings. The van der Waals surface area contributed by atoms with Crippen LogP contribution in [0, 0.1) is 5.92 Å². The highest BCUT2D eigenvalue weighted by molar-refractivity contribution is 5.29. The molecule has 0 spiro atoms. The van der Waals surface area contributed by atoms with Gasteiger partial charge in [-0.25, -0.2) is 0 Å². The van der Waals surface area contributed by atoms with Crippen molar-refractivity contribution >= 4 is 0 Å². The molecular weight excluding hydrogens is 332 g/mol. The molecule has 3 nitrogen and oxygen atoms in total. The summed E-state index contributed by atoms with van der Waals surface area (Å²) in [6, 6.07) is 17.2. The summed E-state index contributed by atoms with van der Waals surface area (Å²) < 4.78 is 5.94. The topological polar surface area (TPSA) is 33.3 Å². The standard InChI is InChI=1S/C24H34N2O/c1-24(2,3)22-8-4-21(5-9-22)18-27-23-10-6-19(7-11-23)16-26-17-20-12-14-25-15-13-20/h4-11,20,25-26H,12-18H2,1-3H3. The van der Waals surface area contributed by atoms with Crippen molar-refractivity contribution in [3.63, 3.8) is 0 Å². The van der Waals surface area contributed by atoms with E-state index in [0.717, 1.165) is 37.8 Å². The first kappa shape index (κ1) is 19.9. The maximum atomic E-state index is 5.94. The van der Waals surface area contributed by atoms with Crippen LogP contribution >= 0.6 is 0 Å². The summed E-state index contributed by atoms with van der Waals surface area (Å²) in [5.74, 6) is 1.75. The van der Waals surface area contributed by atoms with E-state index in [-0.39, 0.29) is 5.41 Å². The molecule has 0 atom stereocenters. The number of piperidine rings is 1. The van der Waals surface area contributed by atoms with Gasteiger partial charge in [0, 0.05) is 6.54 Å². The highest BCUT2D eigenvalue weighted by atomic mass is 16.5. The lowest BCUT2D eigenvalue weighted by molar-refractivity contribution is 0.306. The zero-order valence-electron chi connectivity index (χ0n) is 17.1. The minimum absolute atomic E-state index is 0.192. The molecule has 27 heavy (non-hydrogen) atoms. The van der Waals surface area contributed by atoms with Crippen LogP contribution in [0.5, 0.6) is 5.75 Å². The van der Waals surface area contributed by atoms with E-state index in [2.05, 4.69) is 79.9 Å². The van der Waals surface area contributed by atoms with Crippen LogP contribution in [0.15, 0.2) is 48.5 Å². The lowest BCUT2D eigenvalue weighted by Gasteiger charge is -2.22. The van der Waals surface area contributed by atoms with E-state index >= 15 is 0 Å². The van der Waals surface area contributed by atoms with Gasteiger partial charge in [0.15, 0.2) is 0 Å². The first-order valence-electron chi connectivity index (χ1n) is 10.2. The minimum Gasteiger partial charge on any atom is -0.489 e. The molecule has 0 aliphatic carbocycles. The molecule has 146 valence electrons. The Bertz CT molecular complexity index is 680. The van der Waals surface area contributed by atoms with Crippen molar-refractivity contribution in [1.82, 2.24) is 10.6 Å². The number of hydrogen-bond donors (Lipinski definition) is 2. The SMILES string of the molecule is CC(C)(C)c1ccc(COc2ccc(CNCC3CCNCC3)cc2)cc1. The molecule has 3 heteroatoms. The molecule has 2 aromatic carbocycles. The average molecular weight is 367 g/mol. The lowest BCUT2D eigenvalue weighted by Crippen LogP contribution is -2.33. The number of ether oxygens (including phenoxy) is 1. The van der Waals surface area contributed by atoms with Crippen LogP contribution in [0.2, 0.25) is 0 Å². The number of rotatable bonds is 7. The van der Waals surface area contributed by atoms with Crippen molar-refractivity contribution in [2.24, 2.45) is 5.92 Å². The summed E-state index contributed by atoms with van der Waals surface area (Å²) in [7, 11) is 0. The van der Waals surface area contributed by atoms with Gasteiger partial charge in [-0.1, -0.05) is 57.2 Å². The third-order valence-corrected chi connectivity index (χ3v) is 5.37. The van der Waals surface area contributed by atoms with Gasteiger partial charge in [0.05, 0.1) is 0 Å². The Morgan fingerprint density at radius 1 is 0.926 bits per heavy atom. The molecule has 0 aromatic heterocycles. The van der Waals surface area contributed by atoms with Crippen LogP contribution in [0.25, 0.3) is 0 Å². The minimum atomic E-state index is 0.192. The second-order valence-electron chi connectivity index (χ2n) is 8.70. The van der Waals surface area contributed by atoms with Crippen LogP contribution < -0.4 is 15.4 Å². The summed E-state index contributed by atoms with van der Waals surface area (Å²) in [4.78, 5) is 0. The first-order chi connectivity index (χ1) is 13.0. The van der Waals surface area contributed by atoms with E-state index in [1.807, 2.05) is 0 Å². The predicted octanol–water partition coefficient (Wildman–Crippen LogP) is 4.65. The largest absolute Gasteiger partial charge is 0.489 e. The van der Waals surface area contributed by atoms with Crippen LogP contribution in [-0.4, -0.2) is 19.6 Å². The highest BCUT2D eigenvalue weighted by Crippen LogP contribution is 2.22. The molecule has 0 radical (unpaired) electrons. The fourth-order valence-corrected chi connectivity index (χ4v) is 3.48. The molecule has 3 rings (SSSR count). The van der Waals surface area contributed by atoms with E-state index in [9.17, 15) is 0 Å². The van der Waals surface area contributed by atoms with E-state index in [4.69, 9.17) is 4.74 Å². The van der Waals surface area contributed by atoms with Gasteiger partial charge in [0.1, 0.15) is 12.4 Å². The quantitative estimate of drug-likeness (QED) is 0.748. The summed E-state index contributed by atoms with van der Waals surface area (Å²) in [6.07, 6.45) is 2.58. The molecule has 0 unspecified atom stereocenters. The summed E-state index contributed by atoms with van der Waals surface area (Å²) in [5.41, 5.74) is 4.06. The van der Waals surface area contributed by atoms with E-state index in [1.165, 1.54) is 29.5 Å². The van der Waals surface area contributed by atoms with Gasteiger partial charge in [0.25, 0.3) is 0 Å². The van der Waals surface area contributed by atoms with Gasteiger partial charge in [-0.15, -0.1) is 0 Å². The molecule has 0 saturated carbocycles. The third-order valence-electron chi connectivity index (χ3n) is 5.37. The highest BCUT2D eigenvalue weighted by Gasteiger charge is 2.13. The Hall–Kier alpha value is -1.84. The normalized spacial score (nSPS) is 15.7. The number of nitrogens with one attached hydrogen (secondary N) is 2. The van der Waals surface area contributed by atoms with Crippen LogP contribution in [0.1, 0.15) is 50.3 Å². The Morgan fingerprint density at radius 2 is 1.56 bits per heavy atom. The van der Waals surface area contributed by atoms with Crippen molar-refractivity contribution < 1.29 is 4.74 Å². The van der Waals surface area contributed by atoms with Gasteiger partial charge in [-0.05, 0) is 72.6 Å². The Kier molecular flexibility index (Phi) is 6.92. The van der Waals surface area contributed by atoms with E-state index in [0.29, 0.717) is 6.61 Å². The lowest BCUT2D eigenvalue weighted by atomic mass is 9.87. The van der Waals surface area contributed by atoms with Crippen molar-refractivity contribution in [3.05, 3.63) is 65.2 Å². The zero-order valence-corrected chi connectivity index (χ0v) is 17.1. The molecule has 1 aliphatic heterocycles. The zero-order chi connectivity index (χ0) is 19.1. The fourth-order valence-electron chi connectivity index (χ4n) is 3.48. The molecule has 1 aliphatic rings. The van der Waals surface area contributed by atoms with Gasteiger partial charge >= 0.3 is 0 Å². The Morgan fingerprint density at radius 3 is 2.19 bits per heavy atom. The third kappa shape index (κ3) is 6.37. The van der Waals surface area contributed by atoms with Crippen molar-refractivity contribution in [2.45, 2.75) is 52.2 Å². The van der Waals surface area contributed by atoms with Crippen molar-refractivity contribution in [1.29, 1.82) is 0 Å². The predicted molar refractivity (Wildman–Crippen MR) is 113 cm³/mol. The van der Waals surface area contributed by atoms with E-state index in [1.54, 1.807) is 0 Å². The van der Waals surface area contributed by atoms with E-state index < -0.39 is 0 Å². The molecule has 2 aromatic rings. The van der Waals surface area contributed by atoms with Gasteiger partial charge < -0.3 is 15.4 Å². The number of hydrogen-bond acceptors (Lipinski definition) is 3. The van der Waals surface area contributed by atoms with Crippen LogP contribution in [-0.2, 0) is 18.6 Å². The fraction of sp³-hybridized carbons (Fsp3) is 0.500. The molecule has 0 amide bonds. The Labute approximate surface area is 164 Å². The van der Waals surface area contributed by atoms with Crippen LogP contribution in [0.3, 0.4) is 0 Å². The average Bonchev–Trinajstić information content (AvgIpc) is 2.68. The summed E-state index contributed by atoms with van der Waals surface area (Å²) >= 11 is 0. The summed E-state index contributed by atoms with van der Waals surface area (Å²) in [6.45, 7) is 11.7. The molecule has 2 N–H and O–H groups in total. The second-order valence-corrected chi connectivity index (χ2v) is 8.70. The maximum Gasteiger partial charge on any atom is 0.119 e. The molecule has 1 heterocycles.